The van der Waals surface area contributed by atoms with Crippen LogP contribution in [0.1, 0.15) is 22.4 Å². The first-order valence-electron chi connectivity index (χ1n) is 8.31. The van der Waals surface area contributed by atoms with Crippen LogP contribution in [-0.4, -0.2) is 46.0 Å². The normalized spacial score (nSPS) is 10.6. The summed E-state index contributed by atoms with van der Waals surface area (Å²) >= 11 is 0. The lowest BCUT2D eigenvalue weighted by atomic mass is 10.1. The van der Waals surface area contributed by atoms with E-state index in [2.05, 4.69) is 15.5 Å². The molecule has 0 aliphatic rings. The molecule has 30 heavy (non-hydrogen) atoms. The van der Waals surface area contributed by atoms with Gasteiger partial charge in [0.05, 0.1) is 17.7 Å². The number of aromatic nitrogens is 1. The van der Waals surface area contributed by atoms with Crippen LogP contribution in [-0.2, 0) is 16.1 Å². The maximum Gasteiger partial charge on any atom is 0.311 e. The van der Waals surface area contributed by atoms with Crippen LogP contribution < -0.4 is 10.2 Å². The highest BCUT2D eigenvalue weighted by Gasteiger charge is 2.17. The lowest BCUT2D eigenvalue weighted by Crippen LogP contribution is -2.25. The third-order valence-electron chi connectivity index (χ3n) is 3.66. The molecule has 0 saturated carbocycles. The Balaban J connectivity index is 2.05. The molecule has 0 saturated heterocycles. The molecule has 0 aliphatic carbocycles. The fraction of sp³-hybridized carbons (Fsp3) is 0.222. The van der Waals surface area contributed by atoms with Gasteiger partial charge in [-0.15, -0.1) is 0 Å². The summed E-state index contributed by atoms with van der Waals surface area (Å²) in [6.45, 7) is 1.35. The average Bonchev–Trinajstić information content (AvgIpc) is 2.67. The van der Waals surface area contributed by atoms with Crippen molar-refractivity contribution in [1.82, 2.24) is 10.4 Å². The highest BCUT2D eigenvalue weighted by molar-refractivity contribution is 5.87. The van der Waals surface area contributed by atoms with Gasteiger partial charge in [-0.05, 0) is 13.0 Å². The number of nitrogens with zero attached hydrogens (tertiary/aromatic N) is 4. The Labute approximate surface area is 170 Å². The van der Waals surface area contributed by atoms with E-state index in [0.717, 1.165) is 18.3 Å². The van der Waals surface area contributed by atoms with Crippen LogP contribution in [0.25, 0.3) is 0 Å². The molecule has 0 unspecified atom stereocenters. The SMILES string of the molecule is COCc1cc(C)nc(OCC(=O)N/N=C\c2cc([N+](=O)[O-])c(O)cc2O)c1C#N. The number of hydrazone groups is 1. The molecular weight excluding hydrogens is 398 g/mol. The number of rotatable bonds is 8. The van der Waals surface area contributed by atoms with Crippen LogP contribution in [0, 0.1) is 28.4 Å². The summed E-state index contributed by atoms with van der Waals surface area (Å²) in [5, 5.41) is 42.9. The number of methoxy groups -OCH3 is 1. The van der Waals surface area contributed by atoms with E-state index in [9.17, 15) is 30.4 Å². The van der Waals surface area contributed by atoms with Crippen LogP contribution in [0.3, 0.4) is 0 Å². The largest absolute Gasteiger partial charge is 0.507 e. The molecule has 12 nitrogen and oxygen atoms in total. The van der Waals surface area contributed by atoms with Crippen molar-refractivity contribution in [3.8, 4) is 23.4 Å². The first kappa shape index (κ1) is 22.1. The summed E-state index contributed by atoms with van der Waals surface area (Å²) < 4.78 is 10.3. The molecule has 3 N–H and O–H groups in total. The van der Waals surface area contributed by atoms with E-state index in [-0.39, 0.29) is 23.6 Å². The predicted octanol–water partition coefficient (Wildman–Crippen LogP) is 1.26. The summed E-state index contributed by atoms with van der Waals surface area (Å²) in [7, 11) is 1.48. The van der Waals surface area contributed by atoms with Gasteiger partial charge in [0.2, 0.25) is 5.88 Å². The van der Waals surface area contributed by atoms with E-state index in [4.69, 9.17) is 9.47 Å². The number of amides is 1. The molecule has 0 spiro atoms. The number of nitrogens with one attached hydrogen (secondary N) is 1. The second kappa shape index (κ2) is 9.80. The number of aryl methyl sites for hydroxylation is 1. The Morgan fingerprint density at radius 2 is 2.13 bits per heavy atom. The summed E-state index contributed by atoms with van der Waals surface area (Å²) in [5.41, 5.74) is 2.64. The Morgan fingerprint density at radius 3 is 2.77 bits per heavy atom. The number of hydrogen-bond donors (Lipinski definition) is 3. The van der Waals surface area contributed by atoms with Gasteiger partial charge < -0.3 is 19.7 Å². The first-order chi connectivity index (χ1) is 14.3. The van der Waals surface area contributed by atoms with Crippen molar-refractivity contribution in [3.05, 3.63) is 50.7 Å². The molecular formula is C18H17N5O7. The number of pyridine rings is 1. The molecule has 1 amide bonds. The van der Waals surface area contributed by atoms with Gasteiger partial charge in [0, 0.05) is 36.1 Å². The standard InChI is InChI=1S/C18H17N5O7/c1-10-3-12(8-29-2)13(6-19)18(21-10)30-9-17(26)22-20-7-11-4-14(23(27)28)16(25)5-15(11)24/h3-5,7,24-25H,8-9H2,1-2H3,(H,22,26)/b20-7-. The molecule has 2 rings (SSSR count). The van der Waals surface area contributed by atoms with Crippen LogP contribution in [0.15, 0.2) is 23.3 Å². The minimum absolute atomic E-state index is 0.0320. The Bertz CT molecular complexity index is 1050. The van der Waals surface area contributed by atoms with E-state index in [1.54, 1.807) is 13.0 Å². The highest BCUT2D eigenvalue weighted by Crippen LogP contribution is 2.31. The van der Waals surface area contributed by atoms with Crippen molar-refractivity contribution < 1.29 is 29.4 Å². The van der Waals surface area contributed by atoms with Gasteiger partial charge in [-0.2, -0.15) is 10.4 Å². The molecule has 1 aromatic heterocycles. The van der Waals surface area contributed by atoms with Gasteiger partial charge in [-0.25, -0.2) is 10.4 Å². The quantitative estimate of drug-likeness (QED) is 0.325. The van der Waals surface area contributed by atoms with Crippen LogP contribution in [0.2, 0.25) is 0 Å². The molecule has 12 heteroatoms. The molecule has 0 bridgehead atoms. The fourth-order valence-electron chi connectivity index (χ4n) is 2.38. The zero-order valence-electron chi connectivity index (χ0n) is 15.9. The number of ether oxygens (including phenoxy) is 2. The molecule has 156 valence electrons. The fourth-order valence-corrected chi connectivity index (χ4v) is 2.38. The second-order valence-corrected chi connectivity index (χ2v) is 5.89. The Hall–Kier alpha value is -4.24. The smallest absolute Gasteiger partial charge is 0.311 e. The van der Waals surface area contributed by atoms with E-state index >= 15 is 0 Å². The van der Waals surface area contributed by atoms with Crippen molar-refractivity contribution in [2.24, 2.45) is 5.10 Å². The number of carbonyl (C=O) groups excluding carboxylic acids is 1. The van der Waals surface area contributed by atoms with E-state index < -0.39 is 34.6 Å². The Kier molecular flexibility index (Phi) is 7.21. The van der Waals surface area contributed by atoms with E-state index in [1.807, 2.05) is 6.07 Å². The highest BCUT2D eigenvalue weighted by atomic mass is 16.6. The number of hydrogen-bond acceptors (Lipinski definition) is 10. The van der Waals surface area contributed by atoms with Crippen molar-refractivity contribution >= 4 is 17.8 Å². The number of aromatic hydroxyl groups is 2. The number of benzene rings is 1. The van der Waals surface area contributed by atoms with Gasteiger partial charge in [0.15, 0.2) is 12.4 Å². The summed E-state index contributed by atoms with van der Waals surface area (Å²) in [4.78, 5) is 26.0. The third kappa shape index (κ3) is 5.40. The first-order valence-corrected chi connectivity index (χ1v) is 8.31. The lowest BCUT2D eigenvalue weighted by Gasteiger charge is -2.10. The van der Waals surface area contributed by atoms with Crippen molar-refractivity contribution in [1.29, 1.82) is 5.26 Å². The lowest BCUT2D eigenvalue weighted by molar-refractivity contribution is -0.385. The van der Waals surface area contributed by atoms with Crippen LogP contribution in [0.5, 0.6) is 17.4 Å². The third-order valence-corrected chi connectivity index (χ3v) is 3.66. The molecule has 0 fully saturated rings. The number of phenols is 2. The van der Waals surface area contributed by atoms with Gasteiger partial charge >= 0.3 is 5.69 Å². The van der Waals surface area contributed by atoms with Crippen molar-refractivity contribution in [2.45, 2.75) is 13.5 Å². The number of nitro groups is 1. The number of carbonyl (C=O) groups is 1. The Morgan fingerprint density at radius 1 is 1.40 bits per heavy atom. The van der Waals surface area contributed by atoms with E-state index in [0.29, 0.717) is 11.3 Å². The molecule has 1 heterocycles. The molecule has 1 aromatic carbocycles. The monoisotopic (exact) mass is 415 g/mol. The molecule has 0 aliphatic heterocycles. The average molecular weight is 415 g/mol. The number of phenolic OH excluding ortho intramolecular Hbond substituents is 2. The summed E-state index contributed by atoms with van der Waals surface area (Å²) in [6, 6.07) is 5.31. The van der Waals surface area contributed by atoms with Crippen LogP contribution >= 0.6 is 0 Å². The molecule has 0 atom stereocenters. The molecule has 0 radical (unpaired) electrons. The van der Waals surface area contributed by atoms with E-state index in [1.165, 1.54) is 7.11 Å². The minimum atomic E-state index is -0.835. The zero-order chi connectivity index (χ0) is 22.3. The van der Waals surface area contributed by atoms with Gasteiger partial charge in [0.1, 0.15) is 17.4 Å². The minimum Gasteiger partial charge on any atom is -0.507 e. The predicted molar refractivity (Wildman–Crippen MR) is 102 cm³/mol. The summed E-state index contributed by atoms with van der Waals surface area (Å²) in [6.07, 6.45) is 0.960. The zero-order valence-corrected chi connectivity index (χ0v) is 15.9. The van der Waals surface area contributed by atoms with Gasteiger partial charge in [0.25, 0.3) is 5.91 Å². The maximum atomic E-state index is 11.9. The number of nitro benzene ring substituents is 1. The van der Waals surface area contributed by atoms with Gasteiger partial charge in [-0.3, -0.25) is 14.9 Å². The van der Waals surface area contributed by atoms with Gasteiger partial charge in [-0.1, -0.05) is 0 Å². The summed E-state index contributed by atoms with van der Waals surface area (Å²) in [5.74, 6) is -1.92. The van der Waals surface area contributed by atoms with Crippen LogP contribution in [0.4, 0.5) is 5.69 Å². The number of nitriles is 1. The maximum absolute atomic E-state index is 11.9. The molecule has 2 aromatic rings. The second-order valence-electron chi connectivity index (χ2n) is 5.89. The van der Waals surface area contributed by atoms with Crippen molar-refractivity contribution in [2.75, 3.05) is 13.7 Å². The topological polar surface area (TPSA) is 180 Å². The van der Waals surface area contributed by atoms with Crippen molar-refractivity contribution in [3.63, 3.8) is 0 Å².